The van der Waals surface area contributed by atoms with Crippen molar-refractivity contribution in [2.75, 3.05) is 0 Å². The molecular weight excluding hydrogens is 278 g/mol. The van der Waals surface area contributed by atoms with Crippen LogP contribution >= 0.6 is 0 Å². The predicted molar refractivity (Wildman–Crippen MR) is 83.1 cm³/mol. The van der Waals surface area contributed by atoms with Gasteiger partial charge in [0, 0.05) is 5.56 Å². The molecule has 0 aliphatic heterocycles. The Morgan fingerprint density at radius 3 is 2.45 bits per heavy atom. The lowest BCUT2D eigenvalue weighted by molar-refractivity contribution is 0.112. The first kappa shape index (κ1) is 15.6. The fourth-order valence-corrected chi connectivity index (χ4v) is 1.90. The Balaban J connectivity index is 2.13. The van der Waals surface area contributed by atoms with E-state index in [1.165, 1.54) is 0 Å². The second-order valence-corrected chi connectivity index (χ2v) is 5.09. The third-order valence-corrected chi connectivity index (χ3v) is 2.94. The minimum atomic E-state index is -0.0147. The number of hydrogen-bond acceptors (Lipinski definition) is 4. The maximum atomic E-state index is 10.9. The number of benzene rings is 2. The van der Waals surface area contributed by atoms with E-state index in [1.807, 2.05) is 26.0 Å². The molecule has 0 spiro atoms. The summed E-state index contributed by atoms with van der Waals surface area (Å²) in [5, 5.41) is 8.78. The Bertz CT molecular complexity index is 684. The molecule has 0 saturated heterocycles. The lowest BCUT2D eigenvalue weighted by atomic mass is 10.1. The van der Waals surface area contributed by atoms with Crippen molar-refractivity contribution in [2.45, 2.75) is 26.6 Å². The van der Waals surface area contributed by atoms with Crippen molar-refractivity contribution in [3.8, 4) is 17.6 Å². The van der Waals surface area contributed by atoms with E-state index in [1.54, 1.807) is 30.3 Å². The van der Waals surface area contributed by atoms with Crippen molar-refractivity contribution in [1.29, 1.82) is 5.26 Å². The van der Waals surface area contributed by atoms with Gasteiger partial charge in [-0.15, -0.1) is 0 Å². The molecule has 0 amide bonds. The largest absolute Gasteiger partial charge is 0.487 e. The number of ether oxygens (including phenoxy) is 2. The second-order valence-electron chi connectivity index (χ2n) is 5.09. The highest BCUT2D eigenvalue weighted by atomic mass is 16.5. The zero-order chi connectivity index (χ0) is 15.9. The second kappa shape index (κ2) is 7.28. The first-order valence-corrected chi connectivity index (χ1v) is 7.00. The molecule has 0 aromatic heterocycles. The molecule has 4 nitrogen and oxygen atoms in total. The van der Waals surface area contributed by atoms with Crippen molar-refractivity contribution in [3.63, 3.8) is 0 Å². The van der Waals surface area contributed by atoms with E-state index in [-0.39, 0.29) is 6.10 Å². The Morgan fingerprint density at radius 1 is 1.14 bits per heavy atom. The summed E-state index contributed by atoms with van der Waals surface area (Å²) in [6.07, 6.45) is 0.761. The van der Waals surface area contributed by atoms with Crippen LogP contribution in [0.4, 0.5) is 0 Å². The molecule has 0 unspecified atom stereocenters. The van der Waals surface area contributed by atoms with Gasteiger partial charge in [0.2, 0.25) is 0 Å². The minimum Gasteiger partial charge on any atom is -0.487 e. The zero-order valence-corrected chi connectivity index (χ0v) is 12.6. The van der Waals surface area contributed by atoms with E-state index in [9.17, 15) is 4.79 Å². The van der Waals surface area contributed by atoms with Gasteiger partial charge in [-0.05, 0) is 49.7 Å². The molecule has 4 heteroatoms. The zero-order valence-electron chi connectivity index (χ0n) is 12.6. The van der Waals surface area contributed by atoms with Crippen LogP contribution in [0.15, 0.2) is 42.5 Å². The molecule has 0 fully saturated rings. The van der Waals surface area contributed by atoms with E-state index in [0.717, 1.165) is 11.8 Å². The fourth-order valence-electron chi connectivity index (χ4n) is 1.90. The summed E-state index contributed by atoms with van der Waals surface area (Å²) < 4.78 is 11.5. The smallest absolute Gasteiger partial charge is 0.162 e. The van der Waals surface area contributed by atoms with Gasteiger partial charge in [0.25, 0.3) is 0 Å². The van der Waals surface area contributed by atoms with E-state index < -0.39 is 0 Å². The lowest BCUT2D eigenvalue weighted by Crippen LogP contribution is -2.08. The van der Waals surface area contributed by atoms with Gasteiger partial charge >= 0.3 is 0 Å². The molecule has 2 rings (SSSR count). The summed E-state index contributed by atoms with van der Waals surface area (Å²) in [5.41, 5.74) is 2.11. The molecule has 0 heterocycles. The van der Waals surface area contributed by atoms with Gasteiger partial charge in [-0.25, -0.2) is 0 Å². The molecule has 22 heavy (non-hydrogen) atoms. The normalized spacial score (nSPS) is 10.1. The average molecular weight is 295 g/mol. The number of carbonyl (C=O) groups is 1. The molecule has 112 valence electrons. The summed E-state index contributed by atoms with van der Waals surface area (Å²) >= 11 is 0. The van der Waals surface area contributed by atoms with E-state index >= 15 is 0 Å². The van der Waals surface area contributed by atoms with Gasteiger partial charge in [0.05, 0.1) is 17.7 Å². The van der Waals surface area contributed by atoms with Gasteiger partial charge in [-0.3, -0.25) is 4.79 Å². The molecule has 0 aliphatic carbocycles. The molecule has 0 N–H and O–H groups in total. The maximum Gasteiger partial charge on any atom is 0.162 e. The van der Waals surface area contributed by atoms with Gasteiger partial charge in [0.15, 0.2) is 11.5 Å². The van der Waals surface area contributed by atoms with E-state index in [2.05, 4.69) is 6.07 Å². The first-order chi connectivity index (χ1) is 10.6. The number of aldehydes is 1. The van der Waals surface area contributed by atoms with Gasteiger partial charge in [0.1, 0.15) is 12.9 Å². The average Bonchev–Trinajstić information content (AvgIpc) is 2.53. The van der Waals surface area contributed by atoms with Crippen LogP contribution in [0.1, 0.15) is 35.3 Å². The Labute approximate surface area is 129 Å². The fraction of sp³-hybridized carbons (Fsp3) is 0.222. The monoisotopic (exact) mass is 295 g/mol. The lowest BCUT2D eigenvalue weighted by Gasteiger charge is -2.15. The number of carbonyl (C=O) groups excluding carboxylic acids is 1. The predicted octanol–water partition coefficient (Wildman–Crippen LogP) is 3.74. The van der Waals surface area contributed by atoms with E-state index in [4.69, 9.17) is 14.7 Å². The molecule has 0 atom stereocenters. The summed E-state index contributed by atoms with van der Waals surface area (Å²) in [6, 6.07) is 14.4. The minimum absolute atomic E-state index is 0.0147. The van der Waals surface area contributed by atoms with Crippen molar-refractivity contribution in [2.24, 2.45) is 0 Å². The molecule has 2 aromatic rings. The molecule has 2 aromatic carbocycles. The van der Waals surface area contributed by atoms with Crippen molar-refractivity contribution in [1.82, 2.24) is 0 Å². The Hall–Kier alpha value is -2.80. The van der Waals surface area contributed by atoms with Crippen LogP contribution in [0.25, 0.3) is 0 Å². The topological polar surface area (TPSA) is 59.3 Å². The van der Waals surface area contributed by atoms with Crippen LogP contribution in [0.3, 0.4) is 0 Å². The standard InChI is InChI=1S/C18H17NO3/c1-13(2)22-18-9-16(11-20)7-8-17(18)21-12-15-5-3-14(10-19)4-6-15/h3-9,11,13H,12H2,1-2H3. The van der Waals surface area contributed by atoms with Crippen LogP contribution in [0.2, 0.25) is 0 Å². The molecule has 0 saturated carbocycles. The summed E-state index contributed by atoms with van der Waals surface area (Å²) in [6.45, 7) is 4.19. The van der Waals surface area contributed by atoms with E-state index in [0.29, 0.717) is 29.2 Å². The highest BCUT2D eigenvalue weighted by Gasteiger charge is 2.09. The molecular formula is C18H17NO3. The maximum absolute atomic E-state index is 10.9. The first-order valence-electron chi connectivity index (χ1n) is 7.00. The third-order valence-electron chi connectivity index (χ3n) is 2.94. The van der Waals surface area contributed by atoms with Gasteiger partial charge in [-0.2, -0.15) is 5.26 Å². The highest BCUT2D eigenvalue weighted by Crippen LogP contribution is 2.29. The molecule has 0 radical (unpaired) electrons. The van der Waals surface area contributed by atoms with Crippen LogP contribution in [0.5, 0.6) is 11.5 Å². The summed E-state index contributed by atoms with van der Waals surface area (Å²) in [7, 11) is 0. The summed E-state index contributed by atoms with van der Waals surface area (Å²) in [4.78, 5) is 10.9. The summed E-state index contributed by atoms with van der Waals surface area (Å²) in [5.74, 6) is 1.14. The third kappa shape index (κ3) is 4.10. The SMILES string of the molecule is CC(C)Oc1cc(C=O)ccc1OCc1ccc(C#N)cc1. The van der Waals surface area contributed by atoms with Crippen LogP contribution in [0, 0.1) is 11.3 Å². The molecule has 0 aliphatic rings. The number of nitrogens with zero attached hydrogens (tertiary/aromatic N) is 1. The van der Waals surface area contributed by atoms with Crippen LogP contribution in [-0.2, 0) is 6.61 Å². The number of rotatable bonds is 6. The van der Waals surface area contributed by atoms with Crippen LogP contribution < -0.4 is 9.47 Å². The van der Waals surface area contributed by atoms with Gasteiger partial charge < -0.3 is 9.47 Å². The number of nitriles is 1. The van der Waals surface area contributed by atoms with Crippen molar-refractivity contribution < 1.29 is 14.3 Å². The number of hydrogen-bond donors (Lipinski definition) is 0. The van der Waals surface area contributed by atoms with Crippen molar-refractivity contribution >= 4 is 6.29 Å². The van der Waals surface area contributed by atoms with Gasteiger partial charge in [-0.1, -0.05) is 12.1 Å². The Morgan fingerprint density at radius 2 is 1.86 bits per heavy atom. The molecule has 0 bridgehead atoms. The quantitative estimate of drug-likeness (QED) is 0.762. The highest BCUT2D eigenvalue weighted by molar-refractivity contribution is 5.76. The Kier molecular flexibility index (Phi) is 5.16. The van der Waals surface area contributed by atoms with Crippen LogP contribution in [-0.4, -0.2) is 12.4 Å². The van der Waals surface area contributed by atoms with Crippen molar-refractivity contribution in [3.05, 3.63) is 59.2 Å².